The number of carbonyl (C=O) groups is 2. The number of thiophene rings is 1. The molecule has 3 aromatic rings. The second kappa shape index (κ2) is 9.25. The number of benzene rings is 2. The Morgan fingerprint density at radius 2 is 1.62 bits per heavy atom. The summed E-state index contributed by atoms with van der Waals surface area (Å²) in [7, 11) is 2.90. The van der Waals surface area contributed by atoms with Crippen LogP contribution < -0.4 is 14.8 Å². The highest BCUT2D eigenvalue weighted by atomic mass is 32.1. The summed E-state index contributed by atoms with van der Waals surface area (Å²) < 4.78 is 15.6. The maximum atomic E-state index is 12.4. The van der Waals surface area contributed by atoms with Crippen LogP contribution in [0.5, 0.6) is 11.5 Å². The first kappa shape index (κ1) is 20.4. The molecule has 1 N–H and O–H groups in total. The average molecular weight is 411 g/mol. The summed E-state index contributed by atoms with van der Waals surface area (Å²) in [6.45, 7) is 1.81. The molecule has 0 saturated carbocycles. The fourth-order valence-corrected chi connectivity index (χ4v) is 3.66. The van der Waals surface area contributed by atoms with Gasteiger partial charge in [-0.05, 0) is 36.8 Å². The van der Waals surface area contributed by atoms with Crippen molar-refractivity contribution in [3.05, 3.63) is 65.0 Å². The lowest BCUT2D eigenvalue weighted by Gasteiger charge is -2.09. The van der Waals surface area contributed by atoms with Crippen LogP contribution in [0.4, 0.5) is 5.00 Å². The Morgan fingerprint density at radius 1 is 0.966 bits per heavy atom. The maximum Gasteiger partial charge on any atom is 0.341 e. The lowest BCUT2D eigenvalue weighted by molar-refractivity contribution is -0.118. The molecule has 29 heavy (non-hydrogen) atoms. The van der Waals surface area contributed by atoms with Crippen molar-refractivity contribution in [2.75, 3.05) is 26.1 Å². The van der Waals surface area contributed by atoms with Crippen molar-refractivity contribution >= 4 is 28.2 Å². The fourth-order valence-electron chi connectivity index (χ4n) is 2.68. The van der Waals surface area contributed by atoms with E-state index in [1.807, 2.05) is 48.7 Å². The first-order valence-electron chi connectivity index (χ1n) is 8.85. The van der Waals surface area contributed by atoms with Gasteiger partial charge in [0.25, 0.3) is 5.91 Å². The summed E-state index contributed by atoms with van der Waals surface area (Å²) in [5.41, 5.74) is 2.92. The molecule has 1 heterocycles. The van der Waals surface area contributed by atoms with Gasteiger partial charge in [0.05, 0.1) is 14.2 Å². The van der Waals surface area contributed by atoms with Crippen molar-refractivity contribution < 1.29 is 23.8 Å². The first-order valence-corrected chi connectivity index (χ1v) is 9.73. The minimum Gasteiger partial charge on any atom is -0.497 e. The molecule has 0 spiro atoms. The van der Waals surface area contributed by atoms with Crippen LogP contribution in [-0.4, -0.2) is 32.7 Å². The van der Waals surface area contributed by atoms with Gasteiger partial charge >= 0.3 is 5.97 Å². The number of anilines is 1. The van der Waals surface area contributed by atoms with Gasteiger partial charge in [-0.3, -0.25) is 4.79 Å². The van der Waals surface area contributed by atoms with Crippen LogP contribution in [0.3, 0.4) is 0 Å². The van der Waals surface area contributed by atoms with Crippen LogP contribution in [-0.2, 0) is 9.53 Å². The van der Waals surface area contributed by atoms with Gasteiger partial charge in [-0.15, -0.1) is 11.3 Å². The number of nitrogens with one attached hydrogen (secondary N) is 1. The van der Waals surface area contributed by atoms with Crippen molar-refractivity contribution in [3.63, 3.8) is 0 Å². The third-order valence-electron chi connectivity index (χ3n) is 4.23. The molecule has 0 bridgehead atoms. The van der Waals surface area contributed by atoms with E-state index >= 15 is 0 Å². The molecule has 0 atom stereocenters. The molecule has 0 radical (unpaired) electrons. The number of ether oxygens (including phenoxy) is 3. The predicted molar refractivity (Wildman–Crippen MR) is 113 cm³/mol. The van der Waals surface area contributed by atoms with E-state index < -0.39 is 5.97 Å². The molecular formula is C22H21NO5S. The van der Waals surface area contributed by atoms with E-state index in [4.69, 9.17) is 14.2 Å². The minimum absolute atomic E-state index is 0.167. The smallest absolute Gasteiger partial charge is 0.341 e. The highest BCUT2D eigenvalue weighted by molar-refractivity contribution is 7.15. The molecule has 150 valence electrons. The lowest BCUT2D eigenvalue weighted by Crippen LogP contribution is -2.21. The predicted octanol–water partition coefficient (Wildman–Crippen LogP) is 4.54. The van der Waals surface area contributed by atoms with E-state index in [1.165, 1.54) is 18.4 Å². The molecular weight excluding hydrogens is 390 g/mol. The van der Waals surface area contributed by atoms with Crippen molar-refractivity contribution in [2.45, 2.75) is 6.92 Å². The highest BCUT2D eigenvalue weighted by Gasteiger charge is 2.22. The molecule has 0 saturated heterocycles. The van der Waals surface area contributed by atoms with Gasteiger partial charge < -0.3 is 19.5 Å². The molecule has 1 aromatic heterocycles. The van der Waals surface area contributed by atoms with Crippen LogP contribution in [0.2, 0.25) is 0 Å². The van der Waals surface area contributed by atoms with Gasteiger partial charge in [0.1, 0.15) is 22.1 Å². The Labute approximate surface area is 173 Å². The molecule has 2 aromatic carbocycles. The summed E-state index contributed by atoms with van der Waals surface area (Å²) in [4.78, 5) is 24.7. The molecule has 6 nitrogen and oxygen atoms in total. The van der Waals surface area contributed by atoms with Crippen LogP contribution in [0.1, 0.15) is 15.9 Å². The third kappa shape index (κ3) is 4.94. The molecule has 0 aliphatic heterocycles. The Balaban J connectivity index is 1.77. The first-order chi connectivity index (χ1) is 14.0. The zero-order valence-corrected chi connectivity index (χ0v) is 17.2. The zero-order valence-electron chi connectivity index (χ0n) is 16.4. The number of aryl methyl sites for hydroxylation is 1. The average Bonchev–Trinajstić information content (AvgIpc) is 3.16. The molecule has 0 fully saturated rings. The highest BCUT2D eigenvalue weighted by Crippen LogP contribution is 2.36. The zero-order chi connectivity index (χ0) is 20.8. The minimum atomic E-state index is -0.521. The molecule has 7 heteroatoms. The van der Waals surface area contributed by atoms with Crippen LogP contribution in [0, 0.1) is 6.92 Å². The second-order valence-corrected chi connectivity index (χ2v) is 7.10. The SMILES string of the molecule is COC(=O)c1c(-c2ccc(OC)cc2)csc1NC(=O)COc1ccc(C)cc1. The third-order valence-corrected chi connectivity index (χ3v) is 5.12. The van der Waals surface area contributed by atoms with E-state index in [2.05, 4.69) is 5.32 Å². The van der Waals surface area contributed by atoms with Crippen molar-refractivity contribution in [1.29, 1.82) is 0 Å². The monoisotopic (exact) mass is 411 g/mol. The molecule has 3 rings (SSSR count). The summed E-state index contributed by atoms with van der Waals surface area (Å²) >= 11 is 1.26. The summed E-state index contributed by atoms with van der Waals surface area (Å²) in [6, 6.07) is 14.7. The molecule has 0 aliphatic rings. The summed E-state index contributed by atoms with van der Waals surface area (Å²) in [6.07, 6.45) is 0. The Bertz CT molecular complexity index is 993. The van der Waals surface area contributed by atoms with Crippen LogP contribution in [0.15, 0.2) is 53.9 Å². The molecule has 1 amide bonds. The number of esters is 1. The van der Waals surface area contributed by atoms with Crippen molar-refractivity contribution in [3.8, 4) is 22.6 Å². The van der Waals surface area contributed by atoms with E-state index in [0.717, 1.165) is 11.1 Å². The largest absolute Gasteiger partial charge is 0.497 e. The summed E-state index contributed by atoms with van der Waals surface area (Å²) in [5, 5.41) is 4.98. The lowest BCUT2D eigenvalue weighted by atomic mass is 10.0. The molecule has 0 unspecified atom stereocenters. The number of methoxy groups -OCH3 is 2. The van der Waals surface area contributed by atoms with Crippen molar-refractivity contribution in [2.24, 2.45) is 0 Å². The Kier molecular flexibility index (Phi) is 6.51. The van der Waals surface area contributed by atoms with Gasteiger partial charge in [-0.1, -0.05) is 29.8 Å². The fraction of sp³-hybridized carbons (Fsp3) is 0.182. The quantitative estimate of drug-likeness (QED) is 0.578. The van der Waals surface area contributed by atoms with Gasteiger partial charge in [0.15, 0.2) is 6.61 Å². The maximum absolute atomic E-state index is 12.4. The van der Waals surface area contributed by atoms with Crippen LogP contribution >= 0.6 is 11.3 Å². The number of carbonyl (C=O) groups excluding carboxylic acids is 2. The Morgan fingerprint density at radius 3 is 2.24 bits per heavy atom. The summed E-state index contributed by atoms with van der Waals surface area (Å²) in [5.74, 6) is 0.431. The number of hydrogen-bond acceptors (Lipinski definition) is 6. The standard InChI is InChI=1S/C22H21NO5S/c1-14-4-8-17(9-5-14)28-12-19(24)23-21-20(22(25)27-3)18(13-29-21)15-6-10-16(26-2)11-7-15/h4-11,13H,12H2,1-3H3,(H,23,24). The topological polar surface area (TPSA) is 73.9 Å². The van der Waals surface area contributed by atoms with Crippen molar-refractivity contribution in [1.82, 2.24) is 0 Å². The van der Waals surface area contributed by atoms with Crippen LogP contribution in [0.25, 0.3) is 11.1 Å². The second-order valence-electron chi connectivity index (χ2n) is 6.22. The number of rotatable bonds is 7. The van der Waals surface area contributed by atoms with E-state index in [1.54, 1.807) is 19.2 Å². The number of hydrogen-bond donors (Lipinski definition) is 1. The number of amides is 1. The normalized spacial score (nSPS) is 10.3. The van der Waals surface area contributed by atoms with Gasteiger partial charge in [0, 0.05) is 10.9 Å². The van der Waals surface area contributed by atoms with E-state index in [-0.39, 0.29) is 12.5 Å². The molecule has 0 aliphatic carbocycles. The van der Waals surface area contributed by atoms with Gasteiger partial charge in [-0.2, -0.15) is 0 Å². The van der Waals surface area contributed by atoms with E-state index in [9.17, 15) is 9.59 Å². The Hall–Kier alpha value is -3.32. The van der Waals surface area contributed by atoms with E-state index in [0.29, 0.717) is 27.6 Å². The van der Waals surface area contributed by atoms with Gasteiger partial charge in [-0.25, -0.2) is 4.79 Å². The van der Waals surface area contributed by atoms with Gasteiger partial charge in [0.2, 0.25) is 0 Å².